The van der Waals surface area contributed by atoms with Gasteiger partial charge in [-0.05, 0) is 25.5 Å². The van der Waals surface area contributed by atoms with Gasteiger partial charge >= 0.3 is 0 Å². The Labute approximate surface area is 94.9 Å². The van der Waals surface area contributed by atoms with Crippen molar-refractivity contribution in [2.24, 2.45) is 0 Å². The zero-order chi connectivity index (χ0) is 11.0. The average Bonchev–Trinajstić information content (AvgIpc) is 2.60. The van der Waals surface area contributed by atoms with Crippen molar-refractivity contribution in [1.82, 2.24) is 9.38 Å². The van der Waals surface area contributed by atoms with Crippen LogP contribution in [0.2, 0.25) is 5.02 Å². The second-order valence-electron chi connectivity index (χ2n) is 4.01. The zero-order valence-electron chi connectivity index (χ0n) is 9.29. The average molecular weight is 223 g/mol. The molecule has 3 heteroatoms. The number of fused-ring (bicyclic) bond motifs is 1. The zero-order valence-corrected chi connectivity index (χ0v) is 10.0. The molecular weight excluding hydrogens is 208 g/mol. The minimum absolute atomic E-state index is 0.480. The molecule has 1 atom stereocenters. The van der Waals surface area contributed by atoms with Crippen molar-refractivity contribution in [2.75, 3.05) is 0 Å². The van der Waals surface area contributed by atoms with Gasteiger partial charge < -0.3 is 4.40 Å². The van der Waals surface area contributed by atoms with E-state index in [9.17, 15) is 0 Å². The summed E-state index contributed by atoms with van der Waals surface area (Å²) in [4.78, 5) is 4.47. The Hall–Kier alpha value is -1.02. The fraction of sp³-hybridized carbons (Fsp3) is 0.417. The summed E-state index contributed by atoms with van der Waals surface area (Å²) in [6, 6.07) is 3.94. The second kappa shape index (κ2) is 3.86. The third kappa shape index (κ3) is 1.74. The second-order valence-corrected chi connectivity index (χ2v) is 4.45. The lowest BCUT2D eigenvalue weighted by atomic mass is 10.0. The summed E-state index contributed by atoms with van der Waals surface area (Å²) in [5.74, 6) is 0.480. The van der Waals surface area contributed by atoms with Crippen LogP contribution in [0.4, 0.5) is 0 Å². The van der Waals surface area contributed by atoms with Crippen LogP contribution >= 0.6 is 11.6 Å². The van der Waals surface area contributed by atoms with Gasteiger partial charge in [-0.2, -0.15) is 0 Å². The number of halogens is 1. The highest BCUT2D eigenvalue weighted by atomic mass is 35.5. The van der Waals surface area contributed by atoms with Crippen LogP contribution in [0.25, 0.3) is 5.52 Å². The van der Waals surface area contributed by atoms with Gasteiger partial charge in [0.25, 0.3) is 0 Å². The Balaban J connectivity index is 2.68. The summed E-state index contributed by atoms with van der Waals surface area (Å²) in [5, 5.41) is 0.782. The molecule has 0 aliphatic rings. The molecule has 0 saturated carbocycles. The standard InChI is InChI=1S/C12H15ClN2/c1-4-8(2)12-11-6-10(13)5-9(3)15(11)7-14-12/h5-8H,4H2,1-3H3/t8-/m0/s1. The highest BCUT2D eigenvalue weighted by Gasteiger charge is 2.12. The number of aryl methyl sites for hydroxylation is 1. The van der Waals surface area contributed by atoms with Gasteiger partial charge in [0.2, 0.25) is 0 Å². The molecule has 0 amide bonds. The van der Waals surface area contributed by atoms with E-state index in [-0.39, 0.29) is 0 Å². The van der Waals surface area contributed by atoms with Crippen molar-refractivity contribution in [3.63, 3.8) is 0 Å². The fourth-order valence-corrected chi connectivity index (χ4v) is 2.07. The first-order valence-corrected chi connectivity index (χ1v) is 5.64. The highest BCUT2D eigenvalue weighted by molar-refractivity contribution is 6.31. The number of hydrogen-bond acceptors (Lipinski definition) is 1. The van der Waals surface area contributed by atoms with E-state index in [4.69, 9.17) is 11.6 Å². The summed E-state index contributed by atoms with van der Waals surface area (Å²) >= 11 is 6.06. The van der Waals surface area contributed by atoms with Crippen molar-refractivity contribution >= 4 is 17.1 Å². The van der Waals surface area contributed by atoms with E-state index in [2.05, 4.69) is 23.2 Å². The first-order chi connectivity index (χ1) is 7.13. The smallest absolute Gasteiger partial charge is 0.0997 e. The number of imidazole rings is 1. The van der Waals surface area contributed by atoms with Gasteiger partial charge in [-0.1, -0.05) is 25.4 Å². The fourth-order valence-electron chi connectivity index (χ4n) is 1.81. The van der Waals surface area contributed by atoms with Gasteiger partial charge in [0, 0.05) is 16.6 Å². The SMILES string of the molecule is CC[C@H](C)c1ncn2c(C)cc(Cl)cc12. The molecule has 2 rings (SSSR count). The molecule has 2 aromatic rings. The van der Waals surface area contributed by atoms with Gasteiger partial charge in [-0.3, -0.25) is 0 Å². The van der Waals surface area contributed by atoms with Crippen LogP contribution in [0.3, 0.4) is 0 Å². The number of hydrogen-bond donors (Lipinski definition) is 0. The molecule has 2 aromatic heterocycles. The summed E-state index contributed by atoms with van der Waals surface area (Å²) < 4.78 is 2.09. The molecule has 0 aliphatic heterocycles. The molecular formula is C12H15ClN2. The molecule has 0 N–H and O–H groups in total. The van der Waals surface area contributed by atoms with E-state index >= 15 is 0 Å². The Morgan fingerprint density at radius 1 is 1.47 bits per heavy atom. The van der Waals surface area contributed by atoms with Crippen molar-refractivity contribution in [1.29, 1.82) is 0 Å². The monoisotopic (exact) mass is 222 g/mol. The number of nitrogens with zero attached hydrogens (tertiary/aromatic N) is 2. The molecule has 0 radical (unpaired) electrons. The topological polar surface area (TPSA) is 17.3 Å². The van der Waals surface area contributed by atoms with E-state index in [1.807, 2.05) is 25.4 Å². The number of aromatic nitrogens is 2. The van der Waals surface area contributed by atoms with Crippen LogP contribution < -0.4 is 0 Å². The maximum absolute atomic E-state index is 6.06. The van der Waals surface area contributed by atoms with Crippen molar-refractivity contribution in [3.8, 4) is 0 Å². The third-order valence-corrected chi connectivity index (χ3v) is 3.13. The molecule has 0 aliphatic carbocycles. The summed E-state index contributed by atoms with van der Waals surface area (Å²) in [5.41, 5.74) is 3.40. The third-order valence-electron chi connectivity index (χ3n) is 2.91. The van der Waals surface area contributed by atoms with Crippen LogP contribution in [0.1, 0.15) is 37.6 Å². The van der Waals surface area contributed by atoms with Crippen molar-refractivity contribution in [2.45, 2.75) is 33.1 Å². The first-order valence-electron chi connectivity index (χ1n) is 5.26. The highest BCUT2D eigenvalue weighted by Crippen LogP contribution is 2.25. The molecule has 0 fully saturated rings. The minimum atomic E-state index is 0.480. The van der Waals surface area contributed by atoms with Gasteiger partial charge in [0.05, 0.1) is 17.5 Å². The summed E-state index contributed by atoms with van der Waals surface area (Å²) in [6.45, 7) is 6.41. The molecule has 0 saturated heterocycles. The number of pyridine rings is 1. The molecule has 15 heavy (non-hydrogen) atoms. The molecule has 2 heterocycles. The van der Waals surface area contributed by atoms with E-state index in [1.165, 1.54) is 0 Å². The van der Waals surface area contributed by atoms with Gasteiger partial charge in [0.1, 0.15) is 0 Å². The number of rotatable bonds is 2. The molecule has 2 nitrogen and oxygen atoms in total. The van der Waals surface area contributed by atoms with E-state index in [0.717, 1.165) is 28.3 Å². The van der Waals surface area contributed by atoms with E-state index in [1.54, 1.807) is 0 Å². The van der Waals surface area contributed by atoms with Crippen LogP contribution in [0.5, 0.6) is 0 Å². The summed E-state index contributed by atoms with van der Waals surface area (Å²) in [6.07, 6.45) is 2.97. The Bertz CT molecular complexity index is 488. The van der Waals surface area contributed by atoms with Crippen LogP contribution in [-0.4, -0.2) is 9.38 Å². The van der Waals surface area contributed by atoms with Crippen molar-refractivity contribution in [3.05, 3.63) is 34.9 Å². The predicted molar refractivity (Wildman–Crippen MR) is 63.6 cm³/mol. The Morgan fingerprint density at radius 2 is 2.20 bits per heavy atom. The lowest BCUT2D eigenvalue weighted by Crippen LogP contribution is -1.94. The maximum atomic E-state index is 6.06. The lowest BCUT2D eigenvalue weighted by molar-refractivity contribution is 0.719. The van der Waals surface area contributed by atoms with E-state index in [0.29, 0.717) is 5.92 Å². The molecule has 0 aromatic carbocycles. The molecule has 0 unspecified atom stereocenters. The van der Waals surface area contributed by atoms with Crippen molar-refractivity contribution < 1.29 is 0 Å². The Kier molecular flexibility index (Phi) is 2.70. The van der Waals surface area contributed by atoms with Crippen LogP contribution in [0.15, 0.2) is 18.5 Å². The maximum Gasteiger partial charge on any atom is 0.0997 e. The first kappa shape index (κ1) is 10.5. The van der Waals surface area contributed by atoms with E-state index < -0.39 is 0 Å². The quantitative estimate of drug-likeness (QED) is 0.756. The van der Waals surface area contributed by atoms with Gasteiger partial charge in [0.15, 0.2) is 0 Å². The lowest BCUT2D eigenvalue weighted by Gasteiger charge is -2.07. The van der Waals surface area contributed by atoms with Gasteiger partial charge in [-0.25, -0.2) is 4.98 Å². The molecule has 80 valence electrons. The largest absolute Gasteiger partial charge is 0.303 e. The minimum Gasteiger partial charge on any atom is -0.303 e. The molecule has 0 bridgehead atoms. The normalized spacial score (nSPS) is 13.3. The predicted octanol–water partition coefficient (Wildman–Crippen LogP) is 3.81. The van der Waals surface area contributed by atoms with Crippen LogP contribution in [0, 0.1) is 6.92 Å². The molecule has 0 spiro atoms. The van der Waals surface area contributed by atoms with Gasteiger partial charge in [-0.15, -0.1) is 0 Å². The Morgan fingerprint density at radius 3 is 2.87 bits per heavy atom. The van der Waals surface area contributed by atoms with Crippen LogP contribution in [-0.2, 0) is 0 Å². The summed E-state index contributed by atoms with van der Waals surface area (Å²) in [7, 11) is 0.